The van der Waals surface area contributed by atoms with E-state index in [1.807, 2.05) is 0 Å². The number of carbonyl (C=O) groups is 1. The molecule has 2 heterocycles. The van der Waals surface area contributed by atoms with E-state index in [0.29, 0.717) is 30.8 Å². The molecule has 2 aliphatic rings. The molecule has 174 valence electrons. The van der Waals surface area contributed by atoms with Gasteiger partial charge < -0.3 is 9.80 Å². The highest BCUT2D eigenvalue weighted by Gasteiger charge is 2.50. The molecule has 32 heavy (non-hydrogen) atoms. The number of fused-ring (bicyclic) bond motifs is 2. The number of nitrogens with zero attached hydrogens (tertiary/aromatic N) is 4. The predicted molar refractivity (Wildman–Crippen MR) is 127 cm³/mol. The van der Waals surface area contributed by atoms with Gasteiger partial charge in [0.05, 0.1) is 0 Å². The minimum absolute atomic E-state index is 0.226. The second-order valence-electron chi connectivity index (χ2n) is 11.1. The third kappa shape index (κ3) is 5.13. The Hall–Kier alpha value is -2.02. The Labute approximate surface area is 195 Å². The van der Waals surface area contributed by atoms with Crippen molar-refractivity contribution in [1.29, 1.82) is 0 Å². The zero-order valence-electron chi connectivity index (χ0n) is 19.9. The van der Waals surface area contributed by atoms with Crippen molar-refractivity contribution in [2.75, 3.05) is 18.0 Å². The number of carbonyl (C=O) groups excluding carboxylic acids is 1. The summed E-state index contributed by atoms with van der Waals surface area (Å²) in [5.74, 6) is 0.756. The summed E-state index contributed by atoms with van der Waals surface area (Å²) in [5.41, 5.74) is 1.55. The molecule has 0 radical (unpaired) electrons. The van der Waals surface area contributed by atoms with Crippen LogP contribution in [0.25, 0.3) is 0 Å². The largest absolute Gasteiger partial charge is 0.344 e. The lowest BCUT2D eigenvalue weighted by Crippen LogP contribution is -2.40. The summed E-state index contributed by atoms with van der Waals surface area (Å²) in [5, 5.41) is 0.846. The van der Waals surface area contributed by atoms with Crippen molar-refractivity contribution in [2.45, 2.75) is 78.8 Å². The lowest BCUT2D eigenvalue weighted by molar-refractivity contribution is -0.132. The van der Waals surface area contributed by atoms with E-state index in [1.165, 1.54) is 30.1 Å². The fraction of sp³-hybridized carbons (Fsp3) is 0.640. The van der Waals surface area contributed by atoms with Crippen LogP contribution in [0.3, 0.4) is 0 Å². The molecule has 2 atom stereocenters. The van der Waals surface area contributed by atoms with Crippen molar-refractivity contribution in [3.05, 3.63) is 41.5 Å². The molecule has 5 nitrogen and oxygen atoms in total. The van der Waals surface area contributed by atoms with Gasteiger partial charge >= 0.3 is 0 Å². The van der Waals surface area contributed by atoms with Gasteiger partial charge in [-0.05, 0) is 61.6 Å². The molecule has 1 aliphatic carbocycles. The Morgan fingerprint density at radius 3 is 2.66 bits per heavy atom. The van der Waals surface area contributed by atoms with Gasteiger partial charge in [0.15, 0.2) is 0 Å². The maximum Gasteiger partial charge on any atom is 0.224 e. The molecule has 1 amide bonds. The van der Waals surface area contributed by atoms with E-state index < -0.39 is 0 Å². The van der Waals surface area contributed by atoms with Crippen molar-refractivity contribution < 1.29 is 9.18 Å². The van der Waals surface area contributed by atoms with Crippen LogP contribution in [-0.4, -0.2) is 45.3 Å². The minimum atomic E-state index is -0.240. The van der Waals surface area contributed by atoms with Crippen LogP contribution < -0.4 is 4.90 Å². The van der Waals surface area contributed by atoms with Gasteiger partial charge in [-0.3, -0.25) is 4.79 Å². The molecular formula is C25H35FN4OS. The van der Waals surface area contributed by atoms with Crippen LogP contribution in [0.4, 0.5) is 9.52 Å². The lowest BCUT2D eigenvalue weighted by atomic mass is 9.65. The van der Waals surface area contributed by atoms with Crippen molar-refractivity contribution in [2.24, 2.45) is 10.8 Å². The van der Waals surface area contributed by atoms with Crippen molar-refractivity contribution in [3.63, 3.8) is 0 Å². The van der Waals surface area contributed by atoms with Gasteiger partial charge in [-0.1, -0.05) is 32.9 Å². The zero-order chi connectivity index (χ0) is 23.1. The van der Waals surface area contributed by atoms with E-state index in [2.05, 4.69) is 48.8 Å². The Morgan fingerprint density at radius 2 is 1.97 bits per heavy atom. The molecule has 1 saturated heterocycles. The highest BCUT2D eigenvalue weighted by Crippen LogP contribution is 2.52. The Morgan fingerprint density at radius 1 is 1.25 bits per heavy atom. The highest BCUT2D eigenvalue weighted by atomic mass is 32.1. The molecule has 2 bridgehead atoms. The summed E-state index contributed by atoms with van der Waals surface area (Å²) >= 11 is 1.37. The van der Waals surface area contributed by atoms with Gasteiger partial charge in [-0.25, -0.2) is 9.37 Å². The van der Waals surface area contributed by atoms with Crippen LogP contribution >= 0.6 is 11.5 Å². The van der Waals surface area contributed by atoms with E-state index in [4.69, 9.17) is 4.98 Å². The Kier molecular flexibility index (Phi) is 6.31. The standard InChI is InChI=1S/C25H35FN4OS/c1-17(2)29(23-27-21(28-32-23)12-18-6-8-19(26)9-7-18)11-10-22(31)30-16-25(5)14-20(30)13-24(3,4)15-25/h6-9,17,20H,10-16H2,1-5H3. The zero-order valence-corrected chi connectivity index (χ0v) is 20.7. The molecular weight excluding hydrogens is 423 g/mol. The van der Waals surface area contributed by atoms with Gasteiger partial charge in [-0.2, -0.15) is 4.37 Å². The van der Waals surface area contributed by atoms with E-state index in [9.17, 15) is 9.18 Å². The second kappa shape index (κ2) is 8.73. The average molecular weight is 459 g/mol. The summed E-state index contributed by atoms with van der Waals surface area (Å²) in [4.78, 5) is 22.3. The predicted octanol–water partition coefficient (Wildman–Crippen LogP) is 5.30. The Balaban J connectivity index is 1.39. The fourth-order valence-corrected chi connectivity index (χ4v) is 6.75. The van der Waals surface area contributed by atoms with Gasteiger partial charge in [0.25, 0.3) is 0 Å². The molecule has 4 rings (SSSR count). The van der Waals surface area contributed by atoms with E-state index in [0.717, 1.165) is 35.9 Å². The maximum atomic E-state index is 13.2. The number of halogens is 1. The normalized spacial score (nSPS) is 24.2. The van der Waals surface area contributed by atoms with Crippen LogP contribution in [0.15, 0.2) is 24.3 Å². The second-order valence-corrected chi connectivity index (χ2v) is 11.8. The van der Waals surface area contributed by atoms with Gasteiger partial charge in [0.2, 0.25) is 11.0 Å². The minimum Gasteiger partial charge on any atom is -0.344 e. The number of hydrogen-bond donors (Lipinski definition) is 0. The van der Waals surface area contributed by atoms with E-state index in [1.54, 1.807) is 12.1 Å². The molecule has 0 N–H and O–H groups in total. The average Bonchev–Trinajstić information content (AvgIpc) is 3.24. The van der Waals surface area contributed by atoms with E-state index in [-0.39, 0.29) is 23.2 Å². The molecule has 1 aromatic carbocycles. The van der Waals surface area contributed by atoms with Gasteiger partial charge in [0, 0.05) is 49.5 Å². The molecule has 2 fully saturated rings. The maximum absolute atomic E-state index is 13.2. The monoisotopic (exact) mass is 458 g/mol. The quantitative estimate of drug-likeness (QED) is 0.565. The van der Waals surface area contributed by atoms with Crippen molar-refractivity contribution in [3.8, 4) is 0 Å². The molecule has 1 aromatic heterocycles. The molecule has 0 spiro atoms. The molecule has 7 heteroatoms. The van der Waals surface area contributed by atoms with Gasteiger partial charge in [-0.15, -0.1) is 0 Å². The first-order chi connectivity index (χ1) is 15.0. The van der Waals surface area contributed by atoms with Crippen LogP contribution in [0.1, 0.15) is 71.7 Å². The number of benzene rings is 1. The van der Waals surface area contributed by atoms with Crippen LogP contribution in [0.2, 0.25) is 0 Å². The van der Waals surface area contributed by atoms with Crippen LogP contribution in [0.5, 0.6) is 0 Å². The summed E-state index contributed by atoms with van der Waals surface area (Å²) in [6, 6.07) is 7.06. The first-order valence-electron chi connectivity index (χ1n) is 11.7. The molecule has 2 unspecified atom stereocenters. The summed E-state index contributed by atoms with van der Waals surface area (Å²) < 4.78 is 17.7. The number of likely N-dealkylation sites (tertiary alicyclic amines) is 1. The highest BCUT2D eigenvalue weighted by molar-refractivity contribution is 7.09. The first kappa shape index (κ1) is 23.1. The van der Waals surface area contributed by atoms with E-state index >= 15 is 0 Å². The molecule has 2 aromatic rings. The van der Waals surface area contributed by atoms with Crippen LogP contribution in [-0.2, 0) is 11.2 Å². The number of rotatable bonds is 7. The first-order valence-corrected chi connectivity index (χ1v) is 12.4. The number of hydrogen-bond acceptors (Lipinski definition) is 5. The summed E-state index contributed by atoms with van der Waals surface area (Å²) in [7, 11) is 0. The Bertz CT molecular complexity index is 957. The number of amides is 1. The topological polar surface area (TPSA) is 49.3 Å². The fourth-order valence-electron chi connectivity index (χ4n) is 5.90. The van der Waals surface area contributed by atoms with Crippen molar-refractivity contribution >= 4 is 22.6 Å². The third-order valence-electron chi connectivity index (χ3n) is 6.90. The molecule has 1 aliphatic heterocycles. The summed E-state index contributed by atoms with van der Waals surface area (Å²) in [6.45, 7) is 12.8. The third-order valence-corrected chi connectivity index (χ3v) is 7.69. The van der Waals surface area contributed by atoms with Gasteiger partial charge in [0.1, 0.15) is 11.6 Å². The molecule has 1 saturated carbocycles. The number of aromatic nitrogens is 2. The summed E-state index contributed by atoms with van der Waals surface area (Å²) in [6.07, 6.45) is 4.51. The smallest absolute Gasteiger partial charge is 0.224 e. The lowest BCUT2D eigenvalue weighted by Gasteiger charge is -2.39. The SMILES string of the molecule is CC(C)N(CCC(=O)N1CC2(C)CC1CC(C)(C)C2)c1nc(Cc2ccc(F)cc2)ns1. The van der Waals surface area contributed by atoms with Crippen LogP contribution in [0, 0.1) is 16.6 Å². The van der Waals surface area contributed by atoms with Crippen molar-refractivity contribution in [1.82, 2.24) is 14.3 Å². The number of anilines is 1.